The first-order chi connectivity index (χ1) is 15.7. The molecule has 1 amide bonds. The number of fused-ring (bicyclic) bond motifs is 1. The number of carbonyl (C=O) groups excluding carboxylic acids is 1. The Hall–Kier alpha value is -3.11. The molecule has 4 rings (SSSR count). The number of hydrogen-bond donors (Lipinski definition) is 0. The van der Waals surface area contributed by atoms with Crippen LogP contribution in [0.15, 0.2) is 59.6 Å². The SMILES string of the molecule is Cc1nccc2cccc(C(=O)N3CCN(S(=O)(=O)c4ccc(OC(F)F)cc4)CC3C)c12. The van der Waals surface area contributed by atoms with Crippen LogP contribution in [0.5, 0.6) is 5.75 Å². The Morgan fingerprint density at radius 2 is 1.85 bits per heavy atom. The number of pyridine rings is 1. The number of benzene rings is 2. The summed E-state index contributed by atoms with van der Waals surface area (Å²) in [6, 6.07) is 11.9. The van der Waals surface area contributed by atoms with Crippen molar-refractivity contribution in [3.05, 3.63) is 66.0 Å². The van der Waals surface area contributed by atoms with Gasteiger partial charge in [0.05, 0.1) is 4.90 Å². The summed E-state index contributed by atoms with van der Waals surface area (Å²) in [6.45, 7) is 1.13. The molecule has 0 N–H and O–H groups in total. The van der Waals surface area contributed by atoms with Gasteiger partial charge in [0.25, 0.3) is 5.91 Å². The molecule has 1 unspecified atom stereocenters. The van der Waals surface area contributed by atoms with Gasteiger partial charge in [-0.2, -0.15) is 13.1 Å². The number of aryl methyl sites for hydroxylation is 1. The third-order valence-corrected chi connectivity index (χ3v) is 7.63. The fourth-order valence-corrected chi connectivity index (χ4v) is 5.64. The number of hydrogen-bond acceptors (Lipinski definition) is 5. The average molecular weight is 476 g/mol. The molecule has 174 valence electrons. The molecule has 2 aromatic carbocycles. The number of nitrogens with zero attached hydrogens (tertiary/aromatic N) is 3. The molecule has 0 bridgehead atoms. The van der Waals surface area contributed by atoms with Crippen molar-refractivity contribution in [2.45, 2.75) is 31.4 Å². The third kappa shape index (κ3) is 4.53. The van der Waals surface area contributed by atoms with E-state index in [0.717, 1.165) is 16.5 Å². The van der Waals surface area contributed by atoms with Gasteiger partial charge in [-0.15, -0.1) is 0 Å². The highest BCUT2D eigenvalue weighted by atomic mass is 32.2. The summed E-state index contributed by atoms with van der Waals surface area (Å²) in [6.07, 6.45) is 1.70. The molecule has 1 fully saturated rings. The van der Waals surface area contributed by atoms with E-state index in [4.69, 9.17) is 0 Å². The van der Waals surface area contributed by atoms with Crippen LogP contribution in [0.2, 0.25) is 0 Å². The first kappa shape index (κ1) is 23.1. The largest absolute Gasteiger partial charge is 0.435 e. The lowest BCUT2D eigenvalue weighted by Gasteiger charge is -2.39. The van der Waals surface area contributed by atoms with Crippen molar-refractivity contribution >= 4 is 26.7 Å². The zero-order valence-electron chi connectivity index (χ0n) is 18.1. The lowest BCUT2D eigenvalue weighted by Crippen LogP contribution is -2.55. The van der Waals surface area contributed by atoms with Crippen LogP contribution in [0, 0.1) is 6.92 Å². The van der Waals surface area contributed by atoms with Gasteiger partial charge >= 0.3 is 6.61 Å². The standard InChI is InChI=1S/C23H23F2N3O4S/c1-15-14-27(33(30,31)19-8-6-18(7-9-19)32-23(24)25)12-13-28(15)22(29)20-5-3-4-17-10-11-26-16(2)21(17)20/h3-11,15,23H,12-14H2,1-2H3. The number of halogens is 2. The summed E-state index contributed by atoms with van der Waals surface area (Å²) in [5, 5.41) is 1.71. The van der Waals surface area contributed by atoms with E-state index < -0.39 is 16.6 Å². The Labute approximate surface area is 190 Å². The first-order valence-corrected chi connectivity index (χ1v) is 11.8. The molecule has 7 nitrogen and oxygen atoms in total. The highest BCUT2D eigenvalue weighted by Crippen LogP contribution is 2.26. The smallest absolute Gasteiger partial charge is 0.387 e. The van der Waals surface area contributed by atoms with Crippen LogP contribution in [0.1, 0.15) is 23.0 Å². The van der Waals surface area contributed by atoms with Gasteiger partial charge in [-0.25, -0.2) is 8.42 Å². The number of carbonyl (C=O) groups is 1. The van der Waals surface area contributed by atoms with Crippen molar-refractivity contribution in [1.82, 2.24) is 14.2 Å². The fourth-order valence-electron chi connectivity index (χ4n) is 4.13. The molecule has 33 heavy (non-hydrogen) atoms. The minimum atomic E-state index is -3.85. The van der Waals surface area contributed by atoms with Gasteiger partial charge in [0, 0.05) is 48.5 Å². The van der Waals surface area contributed by atoms with E-state index in [1.165, 1.54) is 28.6 Å². The second kappa shape index (κ2) is 9.03. The summed E-state index contributed by atoms with van der Waals surface area (Å²) >= 11 is 0. The second-order valence-corrected chi connectivity index (χ2v) is 9.80. The van der Waals surface area contributed by atoms with Gasteiger partial charge in [0.15, 0.2) is 0 Å². The molecule has 3 aromatic rings. The Bertz CT molecular complexity index is 1280. The average Bonchev–Trinajstić information content (AvgIpc) is 2.78. The minimum absolute atomic E-state index is 0.0214. The third-order valence-electron chi connectivity index (χ3n) is 5.75. The number of ether oxygens (including phenoxy) is 1. The van der Waals surface area contributed by atoms with E-state index in [-0.39, 0.29) is 42.2 Å². The van der Waals surface area contributed by atoms with Gasteiger partial charge in [-0.3, -0.25) is 9.78 Å². The number of piperazine rings is 1. The highest BCUT2D eigenvalue weighted by molar-refractivity contribution is 7.89. The van der Waals surface area contributed by atoms with Gasteiger partial charge in [-0.1, -0.05) is 12.1 Å². The Kier molecular flexibility index (Phi) is 6.31. The Morgan fingerprint density at radius 1 is 1.12 bits per heavy atom. The van der Waals surface area contributed by atoms with Crippen LogP contribution in [0.4, 0.5) is 8.78 Å². The molecule has 2 heterocycles. The molecular weight excluding hydrogens is 452 g/mol. The molecule has 0 spiro atoms. The van der Waals surface area contributed by atoms with E-state index in [1.54, 1.807) is 24.1 Å². The quantitative estimate of drug-likeness (QED) is 0.563. The molecule has 1 aliphatic heterocycles. The van der Waals surface area contributed by atoms with Crippen LogP contribution in [0.25, 0.3) is 10.8 Å². The van der Waals surface area contributed by atoms with Crippen LogP contribution < -0.4 is 4.74 Å². The summed E-state index contributed by atoms with van der Waals surface area (Å²) < 4.78 is 56.4. The lowest BCUT2D eigenvalue weighted by molar-refractivity contribution is -0.0498. The molecule has 10 heteroatoms. The van der Waals surface area contributed by atoms with Gasteiger partial charge < -0.3 is 9.64 Å². The van der Waals surface area contributed by atoms with Crippen molar-refractivity contribution in [2.24, 2.45) is 0 Å². The van der Waals surface area contributed by atoms with Gasteiger partial charge in [0.1, 0.15) is 5.75 Å². The van der Waals surface area contributed by atoms with Crippen molar-refractivity contribution in [1.29, 1.82) is 0 Å². The number of alkyl halides is 2. The van der Waals surface area contributed by atoms with Crippen molar-refractivity contribution in [2.75, 3.05) is 19.6 Å². The van der Waals surface area contributed by atoms with E-state index in [9.17, 15) is 22.0 Å². The summed E-state index contributed by atoms with van der Waals surface area (Å²) in [7, 11) is -3.85. The maximum atomic E-state index is 13.4. The van der Waals surface area contributed by atoms with E-state index in [2.05, 4.69) is 9.72 Å². The molecule has 1 aliphatic rings. The second-order valence-electron chi connectivity index (χ2n) is 7.86. The Balaban J connectivity index is 1.53. The Morgan fingerprint density at radius 3 is 2.52 bits per heavy atom. The van der Waals surface area contributed by atoms with Crippen LogP contribution in [0.3, 0.4) is 0 Å². The molecular formula is C23H23F2N3O4S. The molecule has 1 saturated heterocycles. The van der Waals surface area contributed by atoms with Crippen molar-refractivity contribution in [3.63, 3.8) is 0 Å². The summed E-state index contributed by atoms with van der Waals surface area (Å²) in [5.74, 6) is -0.289. The van der Waals surface area contributed by atoms with Gasteiger partial charge in [0.2, 0.25) is 10.0 Å². The normalized spacial score (nSPS) is 17.5. The predicted octanol–water partition coefficient (Wildman–Crippen LogP) is 3.68. The molecule has 1 aromatic heterocycles. The van der Waals surface area contributed by atoms with Crippen molar-refractivity contribution < 1.29 is 26.7 Å². The molecule has 1 atom stereocenters. The molecule has 0 aliphatic carbocycles. The zero-order valence-corrected chi connectivity index (χ0v) is 18.9. The number of aromatic nitrogens is 1. The van der Waals surface area contributed by atoms with E-state index in [0.29, 0.717) is 5.56 Å². The van der Waals surface area contributed by atoms with Gasteiger partial charge in [-0.05, 0) is 55.6 Å². The number of rotatable bonds is 5. The fraction of sp³-hybridized carbons (Fsp3) is 0.304. The van der Waals surface area contributed by atoms with Crippen LogP contribution >= 0.6 is 0 Å². The van der Waals surface area contributed by atoms with Crippen LogP contribution in [-0.4, -0.2) is 60.8 Å². The summed E-state index contributed by atoms with van der Waals surface area (Å²) in [5.41, 5.74) is 1.29. The van der Waals surface area contributed by atoms with Crippen LogP contribution in [-0.2, 0) is 10.0 Å². The zero-order chi connectivity index (χ0) is 23.8. The first-order valence-electron chi connectivity index (χ1n) is 10.4. The van der Waals surface area contributed by atoms with E-state index >= 15 is 0 Å². The highest BCUT2D eigenvalue weighted by Gasteiger charge is 2.35. The monoisotopic (exact) mass is 475 g/mol. The topological polar surface area (TPSA) is 79.8 Å². The summed E-state index contributed by atoms with van der Waals surface area (Å²) in [4.78, 5) is 19.3. The minimum Gasteiger partial charge on any atom is -0.435 e. The number of amides is 1. The maximum absolute atomic E-state index is 13.4. The molecule has 0 saturated carbocycles. The maximum Gasteiger partial charge on any atom is 0.387 e. The lowest BCUT2D eigenvalue weighted by atomic mass is 10.0. The van der Waals surface area contributed by atoms with Crippen molar-refractivity contribution in [3.8, 4) is 5.75 Å². The predicted molar refractivity (Wildman–Crippen MR) is 119 cm³/mol. The molecule has 0 radical (unpaired) electrons. The van der Waals surface area contributed by atoms with E-state index in [1.807, 2.05) is 25.1 Å². The number of sulfonamides is 1.